The zero-order valence-corrected chi connectivity index (χ0v) is 16.3. The van der Waals surface area contributed by atoms with Crippen LogP contribution in [0.3, 0.4) is 0 Å². The number of urea groups is 1. The first-order valence-electron chi connectivity index (χ1n) is 10.5. The number of hydrogen-bond donors (Lipinski definition) is 2. The number of hydrogen-bond acceptors (Lipinski definition) is 3. The lowest BCUT2D eigenvalue weighted by Crippen LogP contribution is -2.46. The average Bonchev–Trinajstić information content (AvgIpc) is 2.65. The summed E-state index contributed by atoms with van der Waals surface area (Å²) in [7, 11) is 0. The van der Waals surface area contributed by atoms with Crippen molar-refractivity contribution >= 4 is 12.0 Å². The largest absolute Gasteiger partial charge is 0.481 e. The highest BCUT2D eigenvalue weighted by Gasteiger charge is 2.15. The number of nitrogens with zero attached hydrogens (tertiary/aromatic N) is 1. The summed E-state index contributed by atoms with van der Waals surface area (Å²) < 4.78 is 5.24. The van der Waals surface area contributed by atoms with Crippen molar-refractivity contribution in [3.05, 3.63) is 0 Å². The lowest BCUT2D eigenvalue weighted by Gasteiger charge is -2.26. The van der Waals surface area contributed by atoms with E-state index in [0.29, 0.717) is 32.7 Å². The van der Waals surface area contributed by atoms with Gasteiger partial charge in [-0.1, -0.05) is 64.2 Å². The summed E-state index contributed by atoms with van der Waals surface area (Å²) in [5.41, 5.74) is 0. The van der Waals surface area contributed by atoms with Crippen LogP contribution in [-0.2, 0) is 9.53 Å². The maximum absolute atomic E-state index is 11.9. The molecule has 0 bridgehead atoms. The van der Waals surface area contributed by atoms with Gasteiger partial charge in [-0.15, -0.1) is 0 Å². The first kappa shape index (κ1) is 22.7. The zero-order valence-electron chi connectivity index (χ0n) is 16.3. The van der Waals surface area contributed by atoms with Crippen LogP contribution in [0.5, 0.6) is 0 Å². The van der Waals surface area contributed by atoms with Gasteiger partial charge in [0.05, 0.1) is 13.2 Å². The van der Waals surface area contributed by atoms with Gasteiger partial charge in [-0.3, -0.25) is 4.79 Å². The topological polar surface area (TPSA) is 78.9 Å². The molecule has 1 heterocycles. The third-order valence-corrected chi connectivity index (χ3v) is 4.89. The fourth-order valence-corrected chi connectivity index (χ4v) is 3.24. The number of carboxylic acid groups (broad SMARTS) is 1. The van der Waals surface area contributed by atoms with Crippen LogP contribution >= 0.6 is 0 Å². The fourth-order valence-electron chi connectivity index (χ4n) is 3.24. The number of carbonyl (C=O) groups is 2. The van der Waals surface area contributed by atoms with Crippen LogP contribution in [0, 0.1) is 0 Å². The molecule has 6 heteroatoms. The smallest absolute Gasteiger partial charge is 0.317 e. The molecule has 2 N–H and O–H groups in total. The molecular weight excluding hydrogens is 332 g/mol. The van der Waals surface area contributed by atoms with Gasteiger partial charge < -0.3 is 20.1 Å². The molecule has 0 aromatic carbocycles. The van der Waals surface area contributed by atoms with E-state index >= 15 is 0 Å². The molecule has 6 nitrogen and oxygen atoms in total. The number of ether oxygens (including phenoxy) is 1. The molecule has 152 valence electrons. The standard InChI is InChI=1S/C20H38N2O4/c23-19(24)13-11-9-7-5-3-1-2-4-6-8-10-12-14-21-20(25)22-15-17-26-18-16-22/h1-18H2,(H,21,25)(H,23,24). The maximum atomic E-state index is 11.9. The number of unbranched alkanes of at least 4 members (excludes halogenated alkanes) is 11. The predicted molar refractivity (Wildman–Crippen MR) is 103 cm³/mol. The normalized spacial score (nSPS) is 14.4. The predicted octanol–water partition coefficient (Wildman–Crippen LogP) is 4.18. The minimum atomic E-state index is -0.676. The first-order valence-corrected chi connectivity index (χ1v) is 10.5. The van der Waals surface area contributed by atoms with Crippen LogP contribution in [-0.4, -0.2) is 54.9 Å². The van der Waals surface area contributed by atoms with Gasteiger partial charge in [0.25, 0.3) is 0 Å². The number of nitrogens with one attached hydrogen (secondary N) is 1. The Morgan fingerprint density at radius 3 is 1.73 bits per heavy atom. The number of carboxylic acids is 1. The van der Waals surface area contributed by atoms with Gasteiger partial charge in [-0.25, -0.2) is 4.79 Å². The van der Waals surface area contributed by atoms with Crippen molar-refractivity contribution in [2.24, 2.45) is 0 Å². The van der Waals surface area contributed by atoms with E-state index in [4.69, 9.17) is 9.84 Å². The highest BCUT2D eigenvalue weighted by molar-refractivity contribution is 5.74. The Morgan fingerprint density at radius 2 is 1.23 bits per heavy atom. The number of aliphatic carboxylic acids is 1. The average molecular weight is 371 g/mol. The van der Waals surface area contributed by atoms with Gasteiger partial charge in [-0.2, -0.15) is 0 Å². The Balaban J connectivity index is 1.74. The van der Waals surface area contributed by atoms with E-state index < -0.39 is 5.97 Å². The van der Waals surface area contributed by atoms with Crippen molar-refractivity contribution in [3.8, 4) is 0 Å². The quantitative estimate of drug-likeness (QED) is 0.424. The number of amides is 2. The fraction of sp³-hybridized carbons (Fsp3) is 0.900. The summed E-state index contributed by atoms with van der Waals surface area (Å²) >= 11 is 0. The van der Waals surface area contributed by atoms with Gasteiger partial charge in [0.15, 0.2) is 0 Å². The van der Waals surface area contributed by atoms with Gasteiger partial charge >= 0.3 is 12.0 Å². The summed E-state index contributed by atoms with van der Waals surface area (Å²) in [6.07, 6.45) is 14.6. The molecule has 1 saturated heterocycles. The van der Waals surface area contributed by atoms with E-state index in [1.165, 1.54) is 57.8 Å². The van der Waals surface area contributed by atoms with Crippen LogP contribution in [0.4, 0.5) is 4.79 Å². The van der Waals surface area contributed by atoms with Crippen LogP contribution in [0.25, 0.3) is 0 Å². The first-order chi connectivity index (χ1) is 12.7. The Morgan fingerprint density at radius 1 is 0.769 bits per heavy atom. The number of rotatable bonds is 15. The van der Waals surface area contributed by atoms with Crippen LogP contribution in [0.2, 0.25) is 0 Å². The molecule has 0 atom stereocenters. The van der Waals surface area contributed by atoms with Crippen molar-refractivity contribution in [2.75, 3.05) is 32.8 Å². The van der Waals surface area contributed by atoms with E-state index in [2.05, 4.69) is 5.32 Å². The molecule has 0 saturated carbocycles. The minimum absolute atomic E-state index is 0.0521. The molecule has 0 aromatic heterocycles. The summed E-state index contributed by atoms with van der Waals surface area (Å²) in [6.45, 7) is 3.48. The Kier molecular flexibility index (Phi) is 13.9. The molecule has 0 aromatic rings. The van der Waals surface area contributed by atoms with E-state index in [1.807, 2.05) is 4.90 Å². The molecule has 1 fully saturated rings. The molecule has 0 radical (unpaired) electrons. The second-order valence-electron chi connectivity index (χ2n) is 7.22. The molecule has 1 aliphatic rings. The highest BCUT2D eigenvalue weighted by atomic mass is 16.5. The molecule has 1 rings (SSSR count). The van der Waals surface area contributed by atoms with Crippen LogP contribution < -0.4 is 5.32 Å². The second kappa shape index (κ2) is 15.9. The molecule has 0 unspecified atom stereocenters. The van der Waals surface area contributed by atoms with E-state index in [0.717, 1.165) is 25.8 Å². The van der Waals surface area contributed by atoms with Crippen molar-refractivity contribution in [1.82, 2.24) is 10.2 Å². The SMILES string of the molecule is O=C(O)CCCCCCCCCCCCCCNC(=O)N1CCOCC1. The number of carbonyl (C=O) groups excluding carboxylic acids is 1. The summed E-state index contributed by atoms with van der Waals surface area (Å²) in [6, 6.07) is 0.0521. The van der Waals surface area contributed by atoms with Crippen LogP contribution in [0.1, 0.15) is 83.5 Å². The van der Waals surface area contributed by atoms with Crippen molar-refractivity contribution in [3.63, 3.8) is 0 Å². The van der Waals surface area contributed by atoms with E-state index in [-0.39, 0.29) is 6.03 Å². The maximum Gasteiger partial charge on any atom is 0.317 e. The van der Waals surface area contributed by atoms with Crippen LogP contribution in [0.15, 0.2) is 0 Å². The molecule has 0 spiro atoms. The van der Waals surface area contributed by atoms with Gasteiger partial charge in [-0.05, 0) is 12.8 Å². The lowest BCUT2D eigenvalue weighted by atomic mass is 10.0. The van der Waals surface area contributed by atoms with Crippen molar-refractivity contribution < 1.29 is 19.4 Å². The molecule has 26 heavy (non-hydrogen) atoms. The van der Waals surface area contributed by atoms with Gasteiger partial charge in [0.2, 0.25) is 0 Å². The van der Waals surface area contributed by atoms with Crippen molar-refractivity contribution in [1.29, 1.82) is 0 Å². The van der Waals surface area contributed by atoms with E-state index in [9.17, 15) is 9.59 Å². The van der Waals surface area contributed by atoms with Gasteiger partial charge in [0.1, 0.15) is 0 Å². The highest BCUT2D eigenvalue weighted by Crippen LogP contribution is 2.12. The summed E-state index contributed by atoms with van der Waals surface area (Å²) in [5, 5.41) is 11.6. The monoisotopic (exact) mass is 370 g/mol. The summed E-state index contributed by atoms with van der Waals surface area (Å²) in [5.74, 6) is -0.676. The lowest BCUT2D eigenvalue weighted by molar-refractivity contribution is -0.137. The zero-order chi connectivity index (χ0) is 18.9. The summed E-state index contributed by atoms with van der Waals surface area (Å²) in [4.78, 5) is 24.1. The third kappa shape index (κ3) is 13.0. The minimum Gasteiger partial charge on any atom is -0.481 e. The Bertz CT molecular complexity index is 371. The van der Waals surface area contributed by atoms with Crippen molar-refractivity contribution in [2.45, 2.75) is 83.5 Å². The number of morpholine rings is 1. The Labute approximate surface area is 158 Å². The van der Waals surface area contributed by atoms with E-state index in [1.54, 1.807) is 0 Å². The molecule has 0 aliphatic carbocycles. The molecular formula is C20H38N2O4. The Hall–Kier alpha value is -1.30. The molecule has 2 amide bonds. The molecule has 1 aliphatic heterocycles. The third-order valence-electron chi connectivity index (χ3n) is 4.89. The van der Waals surface area contributed by atoms with Gasteiger partial charge in [0, 0.05) is 26.1 Å². The second-order valence-corrected chi connectivity index (χ2v) is 7.22.